The second kappa shape index (κ2) is 10.4. The van der Waals surface area contributed by atoms with Crippen LogP contribution in [-0.4, -0.2) is 43.1 Å². The molecule has 0 aromatic heterocycles. The summed E-state index contributed by atoms with van der Waals surface area (Å²) < 4.78 is 18.0. The highest BCUT2D eigenvalue weighted by molar-refractivity contribution is 8.56. The Kier molecular flexibility index (Phi) is 10.7. The van der Waals surface area contributed by atoms with E-state index in [0.717, 1.165) is 38.2 Å². The van der Waals surface area contributed by atoms with Gasteiger partial charge in [-0.1, -0.05) is 39.1 Å². The molecule has 0 aliphatic carbocycles. The first-order valence-corrected chi connectivity index (χ1v) is 10.1. The molecule has 5 heteroatoms. The fourth-order valence-electron chi connectivity index (χ4n) is 1.52. The molecule has 0 radical (unpaired) electrons. The summed E-state index contributed by atoms with van der Waals surface area (Å²) in [6.07, 6.45) is 2.57. The summed E-state index contributed by atoms with van der Waals surface area (Å²) in [7, 11) is 0. The monoisotopic (exact) mass is 281 g/mol. The smallest absolute Gasteiger partial charge is 0.257 e. The Balaban J connectivity index is 4.03. The predicted molar refractivity (Wildman–Crippen MR) is 79.3 cm³/mol. The normalized spacial score (nSPS) is 15.1. The predicted octanol–water partition coefficient (Wildman–Crippen LogP) is 4.09. The zero-order chi connectivity index (χ0) is 13.1. The van der Waals surface area contributed by atoms with Crippen LogP contribution in [0, 0.1) is 0 Å². The van der Waals surface area contributed by atoms with Gasteiger partial charge in [-0.25, -0.2) is 0 Å². The van der Waals surface area contributed by atoms with Crippen molar-refractivity contribution in [2.24, 2.45) is 0 Å². The first-order valence-electron chi connectivity index (χ1n) is 6.72. The van der Waals surface area contributed by atoms with Crippen LogP contribution >= 0.6 is 18.0 Å². The summed E-state index contributed by atoms with van der Waals surface area (Å²) in [6.45, 7) is 9.75. The van der Waals surface area contributed by atoms with E-state index in [1.165, 1.54) is 11.4 Å². The zero-order valence-corrected chi connectivity index (χ0v) is 13.5. The highest BCUT2D eigenvalue weighted by Crippen LogP contribution is 2.59. The van der Waals surface area contributed by atoms with Gasteiger partial charge in [0.2, 0.25) is 0 Å². The molecule has 0 spiro atoms. The van der Waals surface area contributed by atoms with Crippen LogP contribution in [0.4, 0.5) is 0 Å². The minimum Gasteiger partial charge on any atom is -0.321 e. The van der Waals surface area contributed by atoms with Gasteiger partial charge in [0.1, 0.15) is 0 Å². The highest BCUT2D eigenvalue weighted by Gasteiger charge is 2.22. The molecule has 0 saturated heterocycles. The first-order chi connectivity index (χ1) is 8.11. The van der Waals surface area contributed by atoms with Crippen LogP contribution in [0.3, 0.4) is 0 Å². The van der Waals surface area contributed by atoms with Crippen molar-refractivity contribution in [2.45, 2.75) is 40.5 Å². The molecule has 1 atom stereocenters. The number of hydrogen-bond acceptors (Lipinski definition) is 4. The summed E-state index contributed by atoms with van der Waals surface area (Å²) in [5.41, 5.74) is 0. The van der Waals surface area contributed by atoms with Gasteiger partial charge in [-0.15, -0.1) is 0 Å². The minimum atomic E-state index is -2.42. The quantitative estimate of drug-likeness (QED) is 0.533. The molecule has 0 heterocycles. The molecule has 0 amide bonds. The Labute approximate surface area is 111 Å². The molecule has 0 rings (SSSR count). The van der Waals surface area contributed by atoms with E-state index in [1.54, 1.807) is 0 Å². The van der Waals surface area contributed by atoms with Crippen molar-refractivity contribution in [3.8, 4) is 0 Å². The third kappa shape index (κ3) is 8.25. The van der Waals surface area contributed by atoms with Crippen molar-refractivity contribution in [1.29, 1.82) is 0 Å². The molecule has 17 heavy (non-hydrogen) atoms. The van der Waals surface area contributed by atoms with E-state index in [4.69, 9.17) is 4.52 Å². The lowest BCUT2D eigenvalue weighted by Crippen LogP contribution is -2.25. The summed E-state index contributed by atoms with van der Waals surface area (Å²) in [5.74, 6) is 0.905. The maximum atomic E-state index is 12.5. The average Bonchev–Trinajstić information content (AvgIpc) is 2.33. The van der Waals surface area contributed by atoms with Crippen molar-refractivity contribution in [3.63, 3.8) is 0 Å². The fraction of sp³-hybridized carbons (Fsp3) is 1.00. The van der Waals surface area contributed by atoms with Gasteiger partial charge < -0.3 is 9.42 Å². The molecule has 0 aromatic carbocycles. The van der Waals surface area contributed by atoms with Crippen LogP contribution in [0.2, 0.25) is 0 Å². The molecule has 0 aliphatic rings. The maximum absolute atomic E-state index is 12.5. The van der Waals surface area contributed by atoms with Crippen molar-refractivity contribution in [3.05, 3.63) is 0 Å². The number of nitrogens with zero attached hydrogens (tertiary/aromatic N) is 1. The van der Waals surface area contributed by atoms with Crippen molar-refractivity contribution in [2.75, 3.05) is 38.2 Å². The molecular formula is C12H28NO2PS. The lowest BCUT2D eigenvalue weighted by atomic mass is 10.5. The van der Waals surface area contributed by atoms with Crippen LogP contribution in [0.25, 0.3) is 0 Å². The van der Waals surface area contributed by atoms with Gasteiger partial charge in [-0.05, 0) is 25.9 Å². The summed E-state index contributed by atoms with van der Waals surface area (Å²) >= 11 is 1.54. The lowest BCUT2D eigenvalue weighted by molar-refractivity contribution is 0.320. The molecule has 0 fully saturated rings. The average molecular weight is 281 g/mol. The van der Waals surface area contributed by atoms with Crippen LogP contribution in [0.15, 0.2) is 0 Å². The second-order valence-corrected chi connectivity index (χ2v) is 9.07. The standard InChI is InChI=1S/C12H28NO2PS/c1-5-10-15-16(14,11-6-2)17-12-9-13(7-3)8-4/h5-12H2,1-4H3. The Morgan fingerprint density at radius 2 is 1.76 bits per heavy atom. The van der Waals surface area contributed by atoms with Crippen molar-refractivity contribution >= 4 is 18.0 Å². The van der Waals surface area contributed by atoms with E-state index in [9.17, 15) is 4.57 Å². The van der Waals surface area contributed by atoms with Crippen LogP contribution in [0.1, 0.15) is 40.5 Å². The Morgan fingerprint density at radius 1 is 1.12 bits per heavy atom. The fourth-order valence-corrected chi connectivity index (χ4v) is 5.94. The van der Waals surface area contributed by atoms with Crippen LogP contribution < -0.4 is 0 Å². The molecule has 1 unspecified atom stereocenters. The number of hydrogen-bond donors (Lipinski definition) is 0. The van der Waals surface area contributed by atoms with E-state index in [-0.39, 0.29) is 0 Å². The Morgan fingerprint density at radius 3 is 2.24 bits per heavy atom. The maximum Gasteiger partial charge on any atom is 0.257 e. The topological polar surface area (TPSA) is 29.5 Å². The number of rotatable bonds is 11. The summed E-state index contributed by atoms with van der Waals surface area (Å²) in [6, 6.07) is 0. The molecule has 0 N–H and O–H groups in total. The van der Waals surface area contributed by atoms with Gasteiger partial charge >= 0.3 is 0 Å². The molecule has 104 valence electrons. The zero-order valence-electron chi connectivity index (χ0n) is 11.8. The molecule has 0 aliphatic heterocycles. The minimum absolute atomic E-state index is 0.621. The van der Waals surface area contributed by atoms with Gasteiger partial charge in [0.05, 0.1) is 6.61 Å². The van der Waals surface area contributed by atoms with Crippen molar-refractivity contribution < 1.29 is 9.09 Å². The van der Waals surface area contributed by atoms with Gasteiger partial charge in [0.25, 0.3) is 6.57 Å². The van der Waals surface area contributed by atoms with Gasteiger partial charge in [0.15, 0.2) is 0 Å². The third-order valence-electron chi connectivity index (χ3n) is 2.58. The summed E-state index contributed by atoms with van der Waals surface area (Å²) in [5, 5.41) is 0. The molecule has 0 bridgehead atoms. The highest BCUT2D eigenvalue weighted by atomic mass is 32.7. The second-order valence-electron chi connectivity index (χ2n) is 4.03. The Hall–Kier alpha value is 0.500. The largest absolute Gasteiger partial charge is 0.321 e. The van der Waals surface area contributed by atoms with E-state index < -0.39 is 6.57 Å². The molecule has 3 nitrogen and oxygen atoms in total. The van der Waals surface area contributed by atoms with Gasteiger partial charge in [-0.3, -0.25) is 4.57 Å². The van der Waals surface area contributed by atoms with Gasteiger partial charge in [-0.2, -0.15) is 0 Å². The Bertz CT molecular complexity index is 223. The van der Waals surface area contributed by atoms with E-state index in [1.807, 2.05) is 0 Å². The van der Waals surface area contributed by atoms with E-state index in [0.29, 0.717) is 12.8 Å². The summed E-state index contributed by atoms with van der Waals surface area (Å²) in [4.78, 5) is 2.35. The van der Waals surface area contributed by atoms with Crippen LogP contribution in [0.5, 0.6) is 0 Å². The molecule has 0 saturated carbocycles. The van der Waals surface area contributed by atoms with Crippen molar-refractivity contribution in [1.82, 2.24) is 4.90 Å². The van der Waals surface area contributed by atoms with Crippen LogP contribution in [-0.2, 0) is 9.09 Å². The SMILES string of the molecule is CCCOP(=O)(CCC)SCCN(CC)CC. The molecule has 0 aromatic rings. The van der Waals surface area contributed by atoms with E-state index >= 15 is 0 Å². The van der Waals surface area contributed by atoms with Gasteiger partial charge in [0, 0.05) is 18.5 Å². The molecular weight excluding hydrogens is 253 g/mol. The first kappa shape index (κ1) is 17.5. The lowest BCUT2D eigenvalue weighted by Gasteiger charge is -2.20. The van der Waals surface area contributed by atoms with E-state index in [2.05, 4.69) is 32.6 Å². The third-order valence-corrected chi connectivity index (χ3v) is 7.50.